The molecule has 2 heterocycles. The van der Waals surface area contributed by atoms with E-state index >= 15 is 0 Å². The summed E-state index contributed by atoms with van der Waals surface area (Å²) < 4.78 is 0. The van der Waals surface area contributed by atoms with Crippen LogP contribution < -0.4 is 5.32 Å². The van der Waals surface area contributed by atoms with Gasteiger partial charge in [0.2, 0.25) is 5.91 Å². The van der Waals surface area contributed by atoms with Crippen LogP contribution in [-0.4, -0.2) is 37.0 Å². The molecule has 0 bridgehead atoms. The molecule has 1 aromatic rings. The third-order valence-electron chi connectivity index (χ3n) is 5.93. The van der Waals surface area contributed by atoms with Crippen molar-refractivity contribution in [3.63, 3.8) is 0 Å². The van der Waals surface area contributed by atoms with E-state index < -0.39 is 0 Å². The van der Waals surface area contributed by atoms with E-state index in [0.717, 1.165) is 39.0 Å². The molecule has 0 unspecified atom stereocenters. The predicted octanol–water partition coefficient (Wildman–Crippen LogP) is 2.74. The van der Waals surface area contributed by atoms with Gasteiger partial charge in [-0.25, -0.2) is 0 Å². The van der Waals surface area contributed by atoms with Crippen LogP contribution in [0, 0.1) is 5.41 Å². The summed E-state index contributed by atoms with van der Waals surface area (Å²) in [5, 5.41) is 3.49. The number of carbonyl (C=O) groups is 1. The van der Waals surface area contributed by atoms with Crippen molar-refractivity contribution in [3.8, 4) is 0 Å². The van der Waals surface area contributed by atoms with Crippen molar-refractivity contribution in [2.24, 2.45) is 5.41 Å². The van der Waals surface area contributed by atoms with Crippen LogP contribution in [0.5, 0.6) is 0 Å². The fraction of sp³-hybridized carbons (Fsp3) is 0.611. The number of benzene rings is 1. The first-order valence-electron chi connectivity index (χ1n) is 8.30. The minimum Gasteiger partial charge on any atom is -0.342 e. The molecule has 1 aromatic carbocycles. The van der Waals surface area contributed by atoms with E-state index in [2.05, 4.69) is 34.5 Å². The molecule has 1 spiro atoms. The molecule has 4 rings (SSSR count). The van der Waals surface area contributed by atoms with Crippen LogP contribution in [-0.2, 0) is 10.2 Å². The minimum atomic E-state index is -0.181. The summed E-state index contributed by atoms with van der Waals surface area (Å²) in [6.45, 7) is 4.21. The fourth-order valence-electron chi connectivity index (χ4n) is 4.22. The van der Waals surface area contributed by atoms with Gasteiger partial charge in [0.25, 0.3) is 0 Å². The lowest BCUT2D eigenvalue weighted by molar-refractivity contribution is -0.136. The lowest BCUT2D eigenvalue weighted by atomic mass is 9.77. The van der Waals surface area contributed by atoms with E-state index in [9.17, 15) is 4.79 Å². The molecule has 3 nitrogen and oxygen atoms in total. The number of halogens is 1. The van der Waals surface area contributed by atoms with Crippen molar-refractivity contribution < 1.29 is 4.79 Å². The molecule has 120 valence electrons. The van der Waals surface area contributed by atoms with Gasteiger partial charge in [0, 0.05) is 19.6 Å². The van der Waals surface area contributed by atoms with E-state index in [0.29, 0.717) is 11.3 Å². The molecule has 0 aromatic heterocycles. The van der Waals surface area contributed by atoms with Crippen LogP contribution in [0.2, 0.25) is 0 Å². The highest BCUT2D eigenvalue weighted by molar-refractivity contribution is 5.91. The summed E-state index contributed by atoms with van der Waals surface area (Å²) in [4.78, 5) is 15.1. The molecule has 1 N–H and O–H groups in total. The van der Waals surface area contributed by atoms with Crippen LogP contribution in [0.25, 0.3) is 0 Å². The molecule has 3 fully saturated rings. The average molecular weight is 321 g/mol. The molecular formula is C18H25ClN2O. The van der Waals surface area contributed by atoms with E-state index in [1.54, 1.807) is 0 Å². The molecule has 2 aliphatic heterocycles. The smallest absolute Gasteiger partial charge is 0.233 e. The standard InChI is InChI=1S/C18H24N2O.ClH/c21-16(18(6-7-18)15-4-2-1-3-5-15)20-12-9-17(10-13-20)8-11-19-14-17;/h1-5,19H,6-14H2;1H. The number of carbonyl (C=O) groups excluding carboxylic acids is 1. The first-order valence-corrected chi connectivity index (χ1v) is 8.30. The number of nitrogens with zero attached hydrogens (tertiary/aromatic N) is 1. The monoisotopic (exact) mass is 320 g/mol. The Morgan fingerprint density at radius 1 is 1.00 bits per heavy atom. The number of hydrogen-bond donors (Lipinski definition) is 1. The van der Waals surface area contributed by atoms with Crippen LogP contribution in [0.15, 0.2) is 30.3 Å². The van der Waals surface area contributed by atoms with Crippen LogP contribution in [0.1, 0.15) is 37.7 Å². The maximum absolute atomic E-state index is 13.0. The third-order valence-corrected chi connectivity index (χ3v) is 5.93. The zero-order chi connectivity index (χ0) is 14.3. The zero-order valence-corrected chi connectivity index (χ0v) is 13.8. The SMILES string of the molecule is Cl.O=C(N1CCC2(CCNC2)CC1)C1(c2ccccc2)CC1. The Morgan fingerprint density at radius 2 is 1.68 bits per heavy atom. The second kappa shape index (κ2) is 5.86. The molecule has 2 saturated heterocycles. The molecule has 0 atom stereocenters. The summed E-state index contributed by atoms with van der Waals surface area (Å²) in [7, 11) is 0. The molecule has 4 heteroatoms. The van der Waals surface area contributed by atoms with Gasteiger partial charge in [-0.3, -0.25) is 4.79 Å². The highest BCUT2D eigenvalue weighted by Gasteiger charge is 2.53. The first kappa shape index (κ1) is 15.8. The van der Waals surface area contributed by atoms with Crippen molar-refractivity contribution >= 4 is 18.3 Å². The van der Waals surface area contributed by atoms with Gasteiger partial charge in [-0.15, -0.1) is 12.4 Å². The summed E-state index contributed by atoms with van der Waals surface area (Å²) in [6.07, 6.45) is 5.70. The maximum Gasteiger partial charge on any atom is 0.233 e. The van der Waals surface area contributed by atoms with Gasteiger partial charge in [-0.1, -0.05) is 30.3 Å². The third kappa shape index (κ3) is 2.55. The maximum atomic E-state index is 13.0. The normalized spacial score (nSPS) is 24.8. The lowest BCUT2D eigenvalue weighted by Gasteiger charge is -2.40. The van der Waals surface area contributed by atoms with Gasteiger partial charge >= 0.3 is 0 Å². The first-order chi connectivity index (χ1) is 10.2. The van der Waals surface area contributed by atoms with Crippen LogP contribution in [0.4, 0.5) is 0 Å². The molecule has 1 saturated carbocycles. The van der Waals surface area contributed by atoms with Crippen molar-refractivity contribution in [1.29, 1.82) is 0 Å². The lowest BCUT2D eigenvalue weighted by Crippen LogP contribution is -2.47. The zero-order valence-electron chi connectivity index (χ0n) is 13.0. The molecular weight excluding hydrogens is 296 g/mol. The average Bonchev–Trinajstić information content (AvgIpc) is 3.24. The number of rotatable bonds is 2. The number of amides is 1. The van der Waals surface area contributed by atoms with E-state index in [1.807, 2.05) is 6.07 Å². The van der Waals surface area contributed by atoms with Crippen molar-refractivity contribution in [2.45, 2.75) is 37.5 Å². The second-order valence-electron chi connectivity index (χ2n) is 7.17. The van der Waals surface area contributed by atoms with Crippen LogP contribution in [0.3, 0.4) is 0 Å². The van der Waals surface area contributed by atoms with Gasteiger partial charge in [0.05, 0.1) is 5.41 Å². The fourth-order valence-corrected chi connectivity index (χ4v) is 4.22. The Morgan fingerprint density at radius 3 is 2.23 bits per heavy atom. The quantitative estimate of drug-likeness (QED) is 0.908. The highest BCUT2D eigenvalue weighted by Crippen LogP contribution is 2.50. The molecule has 22 heavy (non-hydrogen) atoms. The predicted molar refractivity (Wildman–Crippen MR) is 90.3 cm³/mol. The molecule has 0 radical (unpaired) electrons. The van der Waals surface area contributed by atoms with Gasteiger partial charge in [-0.05, 0) is 49.6 Å². The highest BCUT2D eigenvalue weighted by atomic mass is 35.5. The van der Waals surface area contributed by atoms with Crippen molar-refractivity contribution in [1.82, 2.24) is 10.2 Å². The summed E-state index contributed by atoms with van der Waals surface area (Å²) >= 11 is 0. The summed E-state index contributed by atoms with van der Waals surface area (Å²) in [5.41, 5.74) is 1.53. The van der Waals surface area contributed by atoms with Crippen LogP contribution >= 0.6 is 12.4 Å². The molecule has 1 aliphatic carbocycles. The minimum absolute atomic E-state index is 0. The van der Waals surface area contributed by atoms with Gasteiger partial charge < -0.3 is 10.2 Å². The Balaban J connectivity index is 0.00000144. The van der Waals surface area contributed by atoms with Gasteiger partial charge in [0.1, 0.15) is 0 Å². The van der Waals surface area contributed by atoms with E-state index in [4.69, 9.17) is 0 Å². The van der Waals surface area contributed by atoms with Gasteiger partial charge in [-0.2, -0.15) is 0 Å². The van der Waals surface area contributed by atoms with E-state index in [-0.39, 0.29) is 17.8 Å². The van der Waals surface area contributed by atoms with Crippen molar-refractivity contribution in [2.75, 3.05) is 26.2 Å². The topological polar surface area (TPSA) is 32.3 Å². The number of piperidine rings is 1. The summed E-state index contributed by atoms with van der Waals surface area (Å²) in [5.74, 6) is 0.384. The van der Waals surface area contributed by atoms with E-state index in [1.165, 1.54) is 24.8 Å². The summed E-state index contributed by atoms with van der Waals surface area (Å²) in [6, 6.07) is 10.4. The number of hydrogen-bond acceptors (Lipinski definition) is 2. The Labute approximate surface area is 138 Å². The Hall–Kier alpha value is -1.06. The number of likely N-dealkylation sites (tertiary alicyclic amines) is 1. The number of nitrogens with one attached hydrogen (secondary N) is 1. The molecule has 1 amide bonds. The second-order valence-corrected chi connectivity index (χ2v) is 7.17. The van der Waals surface area contributed by atoms with Crippen molar-refractivity contribution in [3.05, 3.63) is 35.9 Å². The Kier molecular flexibility index (Phi) is 4.21. The molecule has 3 aliphatic rings. The Bertz CT molecular complexity index is 525. The van der Waals surface area contributed by atoms with Gasteiger partial charge in [0.15, 0.2) is 0 Å². The largest absolute Gasteiger partial charge is 0.342 e.